The van der Waals surface area contributed by atoms with E-state index in [1.54, 1.807) is 0 Å². The monoisotopic (exact) mass is 219 g/mol. The maximum absolute atomic E-state index is 9.40. The molecule has 1 unspecified atom stereocenters. The second kappa shape index (κ2) is 4.98. The van der Waals surface area contributed by atoms with Gasteiger partial charge in [0.25, 0.3) is 0 Å². The molecule has 0 bridgehead atoms. The Morgan fingerprint density at radius 1 is 1.25 bits per heavy atom. The van der Waals surface area contributed by atoms with E-state index >= 15 is 0 Å². The molecule has 1 N–H and O–H groups in total. The third kappa shape index (κ3) is 2.83. The summed E-state index contributed by atoms with van der Waals surface area (Å²) in [6.07, 6.45) is 2.81. The predicted octanol–water partition coefficient (Wildman–Crippen LogP) is 1.64. The Morgan fingerprint density at radius 2 is 1.94 bits per heavy atom. The third-order valence-corrected chi connectivity index (χ3v) is 3.33. The van der Waals surface area contributed by atoms with Crippen molar-refractivity contribution in [3.05, 3.63) is 34.9 Å². The van der Waals surface area contributed by atoms with Crippen molar-refractivity contribution in [2.75, 3.05) is 20.1 Å². The molecule has 0 aromatic heterocycles. The van der Waals surface area contributed by atoms with Gasteiger partial charge in [-0.1, -0.05) is 18.2 Å². The highest BCUT2D eigenvalue weighted by molar-refractivity contribution is 5.33. The molecule has 0 saturated heterocycles. The molecule has 0 spiro atoms. The molecule has 1 heterocycles. The maximum Gasteiger partial charge on any atom is 0.0552 e. The zero-order valence-corrected chi connectivity index (χ0v) is 10.2. The van der Waals surface area contributed by atoms with Crippen molar-refractivity contribution in [2.24, 2.45) is 0 Å². The summed E-state index contributed by atoms with van der Waals surface area (Å²) in [5.74, 6) is 0. The van der Waals surface area contributed by atoms with E-state index in [2.05, 4.69) is 30.1 Å². The van der Waals surface area contributed by atoms with Crippen LogP contribution in [0.15, 0.2) is 18.2 Å². The van der Waals surface area contributed by atoms with Gasteiger partial charge < -0.3 is 10.0 Å². The lowest BCUT2D eigenvalue weighted by molar-refractivity contribution is 0.195. The highest BCUT2D eigenvalue weighted by atomic mass is 16.3. The molecule has 0 fully saturated rings. The first-order chi connectivity index (χ1) is 7.65. The van der Waals surface area contributed by atoms with Crippen LogP contribution in [-0.4, -0.2) is 36.2 Å². The van der Waals surface area contributed by atoms with E-state index < -0.39 is 0 Å². The van der Waals surface area contributed by atoms with Gasteiger partial charge in [0.1, 0.15) is 0 Å². The SMILES string of the molecule is CC(O)Cc1ccc2c(c1)CCN(C)CC2. The average Bonchev–Trinajstić information content (AvgIpc) is 2.40. The lowest BCUT2D eigenvalue weighted by Crippen LogP contribution is -2.20. The molecule has 1 aliphatic rings. The van der Waals surface area contributed by atoms with Crippen molar-refractivity contribution in [2.45, 2.75) is 32.3 Å². The molecular weight excluding hydrogens is 198 g/mol. The van der Waals surface area contributed by atoms with Crippen LogP contribution in [0.2, 0.25) is 0 Å². The number of benzene rings is 1. The summed E-state index contributed by atoms with van der Waals surface area (Å²) < 4.78 is 0. The number of aliphatic hydroxyl groups excluding tert-OH is 1. The second-order valence-corrected chi connectivity index (χ2v) is 4.96. The quantitative estimate of drug-likeness (QED) is 0.817. The van der Waals surface area contributed by atoms with E-state index in [0.717, 1.165) is 32.4 Å². The molecule has 16 heavy (non-hydrogen) atoms. The van der Waals surface area contributed by atoms with Gasteiger partial charge in [0.05, 0.1) is 6.10 Å². The van der Waals surface area contributed by atoms with Crippen LogP contribution in [0.5, 0.6) is 0 Å². The highest BCUT2D eigenvalue weighted by Gasteiger charge is 2.11. The fourth-order valence-corrected chi connectivity index (χ4v) is 2.36. The summed E-state index contributed by atoms with van der Waals surface area (Å²) in [6, 6.07) is 6.68. The molecule has 2 rings (SSSR count). The van der Waals surface area contributed by atoms with Crippen LogP contribution >= 0.6 is 0 Å². The van der Waals surface area contributed by atoms with Gasteiger partial charge in [0.15, 0.2) is 0 Å². The van der Waals surface area contributed by atoms with E-state index in [1.165, 1.54) is 16.7 Å². The van der Waals surface area contributed by atoms with Crippen LogP contribution in [-0.2, 0) is 19.3 Å². The van der Waals surface area contributed by atoms with Gasteiger partial charge in [-0.15, -0.1) is 0 Å². The van der Waals surface area contributed by atoms with Crippen LogP contribution in [0.4, 0.5) is 0 Å². The van der Waals surface area contributed by atoms with Crippen molar-refractivity contribution < 1.29 is 5.11 Å². The third-order valence-electron chi connectivity index (χ3n) is 3.33. The van der Waals surface area contributed by atoms with Gasteiger partial charge in [-0.2, -0.15) is 0 Å². The smallest absolute Gasteiger partial charge is 0.0552 e. The Morgan fingerprint density at radius 3 is 2.62 bits per heavy atom. The molecule has 0 aliphatic carbocycles. The van der Waals surface area contributed by atoms with Crippen LogP contribution in [0, 0.1) is 0 Å². The number of likely N-dealkylation sites (N-methyl/N-ethyl adjacent to an activating group) is 1. The number of rotatable bonds is 2. The molecule has 2 nitrogen and oxygen atoms in total. The standard InChI is InChI=1S/C14H21NO/c1-11(16)9-12-3-4-13-5-7-15(2)8-6-14(13)10-12/h3-4,10-11,16H,5-9H2,1-2H3. The highest BCUT2D eigenvalue weighted by Crippen LogP contribution is 2.18. The first kappa shape index (κ1) is 11.6. The van der Waals surface area contributed by atoms with Gasteiger partial charge in [-0.25, -0.2) is 0 Å². The number of fused-ring (bicyclic) bond motifs is 1. The summed E-state index contributed by atoms with van der Waals surface area (Å²) in [6.45, 7) is 4.15. The Bertz CT molecular complexity index is 360. The molecule has 1 aromatic rings. The Hall–Kier alpha value is -0.860. The van der Waals surface area contributed by atoms with Gasteiger partial charge in [-0.05, 0) is 49.9 Å². The number of hydrogen-bond acceptors (Lipinski definition) is 2. The van der Waals surface area contributed by atoms with E-state index in [4.69, 9.17) is 0 Å². The molecule has 0 saturated carbocycles. The molecular formula is C14H21NO. The van der Waals surface area contributed by atoms with Gasteiger partial charge in [0.2, 0.25) is 0 Å². The second-order valence-electron chi connectivity index (χ2n) is 4.96. The van der Waals surface area contributed by atoms with Crippen LogP contribution in [0.1, 0.15) is 23.6 Å². The maximum atomic E-state index is 9.40. The van der Waals surface area contributed by atoms with Crippen molar-refractivity contribution >= 4 is 0 Å². The molecule has 88 valence electrons. The average molecular weight is 219 g/mol. The fraction of sp³-hybridized carbons (Fsp3) is 0.571. The van der Waals surface area contributed by atoms with Crippen molar-refractivity contribution in [1.29, 1.82) is 0 Å². The van der Waals surface area contributed by atoms with Gasteiger partial charge >= 0.3 is 0 Å². The Kier molecular flexibility index (Phi) is 3.62. The van der Waals surface area contributed by atoms with Crippen molar-refractivity contribution in [3.8, 4) is 0 Å². The normalized spacial score (nSPS) is 18.9. The van der Waals surface area contributed by atoms with Gasteiger partial charge in [0, 0.05) is 13.1 Å². The fourth-order valence-electron chi connectivity index (χ4n) is 2.36. The summed E-state index contributed by atoms with van der Waals surface area (Å²) in [5.41, 5.74) is 4.22. The molecule has 0 amide bonds. The van der Waals surface area contributed by atoms with Crippen LogP contribution in [0.3, 0.4) is 0 Å². The Labute approximate surface area is 97.9 Å². The first-order valence-corrected chi connectivity index (χ1v) is 6.12. The van der Waals surface area contributed by atoms with E-state index in [-0.39, 0.29) is 6.10 Å². The van der Waals surface area contributed by atoms with E-state index in [1.807, 2.05) is 6.92 Å². The zero-order valence-electron chi connectivity index (χ0n) is 10.2. The first-order valence-electron chi connectivity index (χ1n) is 6.12. The number of aliphatic hydroxyl groups is 1. The van der Waals surface area contributed by atoms with Gasteiger partial charge in [-0.3, -0.25) is 0 Å². The summed E-state index contributed by atoms with van der Waals surface area (Å²) in [4.78, 5) is 2.38. The summed E-state index contributed by atoms with van der Waals surface area (Å²) in [5, 5.41) is 9.40. The summed E-state index contributed by atoms with van der Waals surface area (Å²) in [7, 11) is 2.18. The van der Waals surface area contributed by atoms with Crippen LogP contribution in [0.25, 0.3) is 0 Å². The molecule has 1 atom stereocenters. The minimum Gasteiger partial charge on any atom is -0.393 e. The minimum atomic E-state index is -0.244. The van der Waals surface area contributed by atoms with Crippen molar-refractivity contribution in [1.82, 2.24) is 4.90 Å². The molecule has 0 radical (unpaired) electrons. The molecule has 2 heteroatoms. The molecule has 1 aromatic carbocycles. The molecule has 1 aliphatic heterocycles. The predicted molar refractivity (Wildman–Crippen MR) is 66.7 cm³/mol. The summed E-state index contributed by atoms with van der Waals surface area (Å²) >= 11 is 0. The van der Waals surface area contributed by atoms with E-state index in [0.29, 0.717) is 0 Å². The zero-order chi connectivity index (χ0) is 11.5. The van der Waals surface area contributed by atoms with Crippen molar-refractivity contribution in [3.63, 3.8) is 0 Å². The topological polar surface area (TPSA) is 23.5 Å². The largest absolute Gasteiger partial charge is 0.393 e. The van der Waals surface area contributed by atoms with E-state index in [9.17, 15) is 5.11 Å². The lowest BCUT2D eigenvalue weighted by Gasteiger charge is -2.10. The Balaban J connectivity index is 2.18. The number of nitrogens with zero attached hydrogens (tertiary/aromatic N) is 1. The minimum absolute atomic E-state index is 0.244. The lowest BCUT2D eigenvalue weighted by atomic mass is 9.98. The van der Waals surface area contributed by atoms with Crippen LogP contribution < -0.4 is 0 Å². The number of hydrogen-bond donors (Lipinski definition) is 1.